The molecule has 0 saturated heterocycles. The van der Waals surface area contributed by atoms with E-state index in [1.807, 2.05) is 6.07 Å². The van der Waals surface area contributed by atoms with Crippen LogP contribution in [0.5, 0.6) is 0 Å². The van der Waals surface area contributed by atoms with Crippen LogP contribution in [0.4, 0.5) is 14.5 Å². The summed E-state index contributed by atoms with van der Waals surface area (Å²) in [6.45, 7) is 2.69. The van der Waals surface area contributed by atoms with E-state index in [1.165, 1.54) is 29.3 Å². The second-order valence-electron chi connectivity index (χ2n) is 5.02. The van der Waals surface area contributed by atoms with Gasteiger partial charge in [-0.25, -0.2) is 8.78 Å². The molecule has 2 aromatic rings. The van der Waals surface area contributed by atoms with Crippen LogP contribution in [0.3, 0.4) is 0 Å². The molecule has 0 fully saturated rings. The number of benzene rings is 2. The maximum atomic E-state index is 13.5. The number of hydrogen-bond acceptors (Lipinski definition) is 2. The predicted molar refractivity (Wildman–Crippen MR) is 97.9 cm³/mol. The molecule has 0 radical (unpaired) electrons. The van der Waals surface area contributed by atoms with Crippen molar-refractivity contribution in [1.29, 1.82) is 0 Å². The van der Waals surface area contributed by atoms with E-state index in [2.05, 4.69) is 35.8 Å². The van der Waals surface area contributed by atoms with Gasteiger partial charge in [-0.1, -0.05) is 35.9 Å². The summed E-state index contributed by atoms with van der Waals surface area (Å²) < 4.78 is 27.0. The molecule has 0 amide bonds. The van der Waals surface area contributed by atoms with Crippen LogP contribution in [0.25, 0.3) is 0 Å². The third-order valence-corrected chi connectivity index (χ3v) is 4.36. The molecule has 0 unspecified atom stereocenters. The number of halogens is 2. The SMILES string of the molecule is Cc1cccc(CSCCNC(=S)Nc2c(F)cccc2F)c1. The Kier molecular flexibility index (Phi) is 6.80. The molecular formula is C17H18F2N2S2. The molecule has 0 heterocycles. The maximum Gasteiger partial charge on any atom is 0.170 e. The molecule has 6 heteroatoms. The van der Waals surface area contributed by atoms with Gasteiger partial charge in [0.15, 0.2) is 5.11 Å². The Balaban J connectivity index is 1.69. The molecule has 0 spiro atoms. The summed E-state index contributed by atoms with van der Waals surface area (Å²) in [4.78, 5) is 0. The van der Waals surface area contributed by atoms with Crippen molar-refractivity contribution in [2.75, 3.05) is 17.6 Å². The van der Waals surface area contributed by atoms with E-state index >= 15 is 0 Å². The van der Waals surface area contributed by atoms with E-state index in [0.717, 1.165) is 11.5 Å². The third-order valence-electron chi connectivity index (χ3n) is 3.08. The molecule has 0 atom stereocenters. The summed E-state index contributed by atoms with van der Waals surface area (Å²) in [5.74, 6) is 0.437. The predicted octanol–water partition coefficient (Wildman–Crippen LogP) is 4.49. The summed E-state index contributed by atoms with van der Waals surface area (Å²) in [5, 5.41) is 5.72. The van der Waals surface area contributed by atoms with Crippen molar-refractivity contribution in [2.24, 2.45) is 0 Å². The highest BCUT2D eigenvalue weighted by molar-refractivity contribution is 7.98. The molecule has 2 nitrogen and oxygen atoms in total. The number of rotatable bonds is 6. The molecule has 0 aliphatic rings. The molecule has 23 heavy (non-hydrogen) atoms. The van der Waals surface area contributed by atoms with Crippen LogP contribution in [-0.2, 0) is 5.75 Å². The summed E-state index contributed by atoms with van der Waals surface area (Å²) in [6.07, 6.45) is 0. The average Bonchev–Trinajstić information content (AvgIpc) is 2.51. The van der Waals surface area contributed by atoms with Crippen LogP contribution in [0, 0.1) is 18.6 Å². The van der Waals surface area contributed by atoms with Gasteiger partial charge in [0.05, 0.1) is 0 Å². The van der Waals surface area contributed by atoms with E-state index < -0.39 is 11.6 Å². The number of aryl methyl sites for hydroxylation is 1. The van der Waals surface area contributed by atoms with Crippen molar-refractivity contribution < 1.29 is 8.78 Å². The van der Waals surface area contributed by atoms with Crippen molar-refractivity contribution in [3.05, 3.63) is 65.2 Å². The summed E-state index contributed by atoms with van der Waals surface area (Å²) in [6, 6.07) is 12.1. The van der Waals surface area contributed by atoms with Gasteiger partial charge in [0.1, 0.15) is 17.3 Å². The van der Waals surface area contributed by atoms with Gasteiger partial charge in [0.25, 0.3) is 0 Å². The first kappa shape index (κ1) is 17.7. The normalized spacial score (nSPS) is 10.4. The van der Waals surface area contributed by atoms with Gasteiger partial charge in [-0.15, -0.1) is 0 Å². The largest absolute Gasteiger partial charge is 0.362 e. The molecule has 2 N–H and O–H groups in total. The third kappa shape index (κ3) is 5.80. The standard InChI is InChI=1S/C17H18F2N2S2/c1-12-4-2-5-13(10-12)11-23-9-8-20-17(22)21-16-14(18)6-3-7-15(16)19/h2-7,10H,8-9,11H2,1H3,(H2,20,21,22). The molecule has 0 saturated carbocycles. The molecule has 0 aromatic heterocycles. The van der Waals surface area contributed by atoms with E-state index in [1.54, 1.807) is 11.8 Å². The number of thioether (sulfide) groups is 1. The summed E-state index contributed by atoms with van der Waals surface area (Å²) >= 11 is 6.82. The van der Waals surface area contributed by atoms with E-state index in [9.17, 15) is 8.78 Å². The second-order valence-corrected chi connectivity index (χ2v) is 6.53. The number of anilines is 1. The lowest BCUT2D eigenvalue weighted by Crippen LogP contribution is -2.31. The lowest BCUT2D eigenvalue weighted by Gasteiger charge is -2.11. The smallest absolute Gasteiger partial charge is 0.170 e. The minimum atomic E-state index is -0.664. The van der Waals surface area contributed by atoms with Gasteiger partial charge in [-0.3, -0.25) is 0 Å². The monoisotopic (exact) mass is 352 g/mol. The van der Waals surface area contributed by atoms with Crippen molar-refractivity contribution >= 4 is 34.8 Å². The van der Waals surface area contributed by atoms with Crippen molar-refractivity contribution in [3.63, 3.8) is 0 Å². The average molecular weight is 352 g/mol. The Bertz CT molecular complexity index is 657. The first-order chi connectivity index (χ1) is 11.1. The quantitative estimate of drug-likeness (QED) is 0.591. The zero-order chi connectivity index (χ0) is 16.7. The molecule has 0 aliphatic carbocycles. The minimum absolute atomic E-state index is 0.213. The zero-order valence-electron chi connectivity index (χ0n) is 12.7. The molecule has 122 valence electrons. The van der Waals surface area contributed by atoms with Crippen molar-refractivity contribution in [3.8, 4) is 0 Å². The van der Waals surface area contributed by atoms with Crippen LogP contribution in [0.1, 0.15) is 11.1 Å². The van der Waals surface area contributed by atoms with Crippen molar-refractivity contribution in [1.82, 2.24) is 5.32 Å². The number of para-hydroxylation sites is 1. The number of nitrogens with one attached hydrogen (secondary N) is 2. The lowest BCUT2D eigenvalue weighted by molar-refractivity contribution is 0.591. The Morgan fingerprint density at radius 1 is 1.13 bits per heavy atom. The van der Waals surface area contributed by atoms with Crippen LogP contribution in [0.15, 0.2) is 42.5 Å². The topological polar surface area (TPSA) is 24.1 Å². The van der Waals surface area contributed by atoms with E-state index in [-0.39, 0.29) is 10.8 Å². The lowest BCUT2D eigenvalue weighted by atomic mass is 10.2. The maximum absolute atomic E-state index is 13.5. The minimum Gasteiger partial charge on any atom is -0.362 e. The Hall–Kier alpha value is -1.66. The van der Waals surface area contributed by atoms with Gasteiger partial charge in [-0.05, 0) is 36.8 Å². The first-order valence-electron chi connectivity index (χ1n) is 7.18. The van der Waals surface area contributed by atoms with Gasteiger partial charge >= 0.3 is 0 Å². The Labute approximate surface area is 144 Å². The zero-order valence-corrected chi connectivity index (χ0v) is 14.4. The highest BCUT2D eigenvalue weighted by Crippen LogP contribution is 2.17. The van der Waals surface area contributed by atoms with Gasteiger partial charge in [-0.2, -0.15) is 11.8 Å². The van der Waals surface area contributed by atoms with Crippen LogP contribution in [0.2, 0.25) is 0 Å². The fraction of sp³-hybridized carbons (Fsp3) is 0.235. The van der Waals surface area contributed by atoms with Crippen LogP contribution < -0.4 is 10.6 Å². The van der Waals surface area contributed by atoms with Gasteiger partial charge < -0.3 is 10.6 Å². The van der Waals surface area contributed by atoms with Crippen molar-refractivity contribution in [2.45, 2.75) is 12.7 Å². The van der Waals surface area contributed by atoms with E-state index in [0.29, 0.717) is 6.54 Å². The molecule has 0 aliphatic heterocycles. The molecular weight excluding hydrogens is 334 g/mol. The molecule has 2 aromatic carbocycles. The fourth-order valence-corrected chi connectivity index (χ4v) is 3.01. The van der Waals surface area contributed by atoms with Crippen LogP contribution >= 0.6 is 24.0 Å². The highest BCUT2D eigenvalue weighted by atomic mass is 32.2. The molecule has 2 rings (SSSR count). The number of hydrogen-bond donors (Lipinski definition) is 2. The first-order valence-corrected chi connectivity index (χ1v) is 8.74. The molecule has 0 bridgehead atoms. The highest BCUT2D eigenvalue weighted by Gasteiger charge is 2.09. The van der Waals surface area contributed by atoms with E-state index in [4.69, 9.17) is 12.2 Å². The van der Waals surface area contributed by atoms with Gasteiger partial charge in [0.2, 0.25) is 0 Å². The van der Waals surface area contributed by atoms with Gasteiger partial charge in [0, 0.05) is 18.1 Å². The van der Waals surface area contributed by atoms with Crippen LogP contribution in [-0.4, -0.2) is 17.4 Å². The fourth-order valence-electron chi connectivity index (χ4n) is 2.00. The second kappa shape index (κ2) is 8.84. The Morgan fingerprint density at radius 3 is 2.52 bits per heavy atom. The summed E-state index contributed by atoms with van der Waals surface area (Å²) in [5.41, 5.74) is 2.31. The Morgan fingerprint density at radius 2 is 1.83 bits per heavy atom. The number of thiocarbonyl (C=S) groups is 1. The summed E-state index contributed by atoms with van der Waals surface area (Å²) in [7, 11) is 0.